The Hall–Kier alpha value is -2.44. The lowest BCUT2D eigenvalue weighted by molar-refractivity contribution is -0.145. The first-order valence-corrected chi connectivity index (χ1v) is 5.73. The third-order valence-corrected chi connectivity index (χ3v) is 3.02. The standard InChI is InChI=1S/C13H12F2N2O3/c1-6-10(12(18)20-2)11(17-13(19)16-6)8-4-3-7(14)5-9(8)15/h3-5,10-11H,1H2,2H3,(H2,16,17,19)/t10-,11-/m1/s1. The van der Waals surface area contributed by atoms with Gasteiger partial charge in [0.2, 0.25) is 0 Å². The molecule has 20 heavy (non-hydrogen) atoms. The zero-order valence-corrected chi connectivity index (χ0v) is 10.6. The van der Waals surface area contributed by atoms with Crippen molar-refractivity contribution in [2.24, 2.45) is 5.92 Å². The first kappa shape index (κ1) is 14.0. The predicted molar refractivity (Wildman–Crippen MR) is 65.4 cm³/mol. The number of esters is 1. The summed E-state index contributed by atoms with van der Waals surface area (Å²) < 4.78 is 31.4. The summed E-state index contributed by atoms with van der Waals surface area (Å²) in [4.78, 5) is 23.2. The lowest BCUT2D eigenvalue weighted by Crippen LogP contribution is -2.51. The molecule has 1 aliphatic heterocycles. The topological polar surface area (TPSA) is 67.4 Å². The van der Waals surface area contributed by atoms with Crippen LogP contribution < -0.4 is 10.6 Å². The molecule has 2 atom stereocenters. The van der Waals surface area contributed by atoms with E-state index >= 15 is 0 Å². The molecule has 0 unspecified atom stereocenters. The van der Waals surface area contributed by atoms with E-state index in [9.17, 15) is 18.4 Å². The molecule has 106 valence electrons. The van der Waals surface area contributed by atoms with E-state index in [-0.39, 0.29) is 11.3 Å². The van der Waals surface area contributed by atoms with Gasteiger partial charge in [0, 0.05) is 17.3 Å². The van der Waals surface area contributed by atoms with Gasteiger partial charge < -0.3 is 15.4 Å². The molecule has 0 aromatic heterocycles. The van der Waals surface area contributed by atoms with Crippen LogP contribution in [0.3, 0.4) is 0 Å². The van der Waals surface area contributed by atoms with E-state index in [1.165, 1.54) is 13.2 Å². The number of urea groups is 1. The van der Waals surface area contributed by atoms with Crippen molar-refractivity contribution in [3.05, 3.63) is 47.7 Å². The Bertz CT molecular complexity index is 589. The molecule has 0 bridgehead atoms. The fraction of sp³-hybridized carbons (Fsp3) is 0.231. The lowest BCUT2D eigenvalue weighted by Gasteiger charge is -2.33. The van der Waals surface area contributed by atoms with Gasteiger partial charge in [-0.1, -0.05) is 12.6 Å². The summed E-state index contributed by atoms with van der Waals surface area (Å²) >= 11 is 0. The van der Waals surface area contributed by atoms with Gasteiger partial charge in [0.05, 0.1) is 13.2 Å². The van der Waals surface area contributed by atoms with E-state index in [4.69, 9.17) is 0 Å². The molecule has 1 heterocycles. The molecule has 2 rings (SSSR count). The summed E-state index contributed by atoms with van der Waals surface area (Å²) in [6, 6.07) is 1.27. The molecule has 7 heteroatoms. The molecule has 1 aromatic rings. The second kappa shape index (κ2) is 5.28. The maximum atomic E-state index is 13.8. The highest BCUT2D eigenvalue weighted by molar-refractivity contribution is 5.85. The van der Waals surface area contributed by atoms with Crippen molar-refractivity contribution < 1.29 is 23.1 Å². The molecule has 5 nitrogen and oxygen atoms in total. The van der Waals surface area contributed by atoms with Gasteiger partial charge in [-0.2, -0.15) is 0 Å². The number of ether oxygens (including phenoxy) is 1. The van der Waals surface area contributed by atoms with Crippen molar-refractivity contribution in [1.29, 1.82) is 0 Å². The number of rotatable bonds is 2. The van der Waals surface area contributed by atoms with E-state index in [0.717, 1.165) is 6.07 Å². The van der Waals surface area contributed by atoms with Crippen LogP contribution in [0.25, 0.3) is 0 Å². The van der Waals surface area contributed by atoms with E-state index < -0.39 is 35.6 Å². The minimum Gasteiger partial charge on any atom is -0.468 e. The SMILES string of the molecule is C=C1NC(=O)N[C@H](c2ccc(F)cc2F)[C@@H]1C(=O)OC. The normalized spacial score (nSPS) is 21.9. The zero-order valence-electron chi connectivity index (χ0n) is 10.6. The Labute approximate surface area is 113 Å². The third kappa shape index (κ3) is 2.47. The third-order valence-electron chi connectivity index (χ3n) is 3.02. The molecule has 1 fully saturated rings. The Morgan fingerprint density at radius 2 is 2.10 bits per heavy atom. The number of nitrogens with one attached hydrogen (secondary N) is 2. The highest BCUT2D eigenvalue weighted by Gasteiger charge is 2.39. The van der Waals surface area contributed by atoms with Crippen molar-refractivity contribution in [3.8, 4) is 0 Å². The molecule has 1 saturated heterocycles. The zero-order chi connectivity index (χ0) is 14.9. The Balaban J connectivity index is 2.45. The predicted octanol–water partition coefficient (Wildman–Crippen LogP) is 1.62. The Morgan fingerprint density at radius 1 is 1.40 bits per heavy atom. The van der Waals surface area contributed by atoms with Crippen LogP contribution in [0.4, 0.5) is 13.6 Å². The van der Waals surface area contributed by atoms with Gasteiger partial charge in [-0.3, -0.25) is 4.79 Å². The Kier molecular flexibility index (Phi) is 3.69. The number of methoxy groups -OCH3 is 1. The summed E-state index contributed by atoms with van der Waals surface area (Å²) in [6.45, 7) is 3.57. The molecule has 2 amide bonds. The highest BCUT2D eigenvalue weighted by Crippen LogP contribution is 2.31. The Morgan fingerprint density at radius 3 is 2.70 bits per heavy atom. The van der Waals surface area contributed by atoms with E-state index in [1.54, 1.807) is 0 Å². The average Bonchev–Trinajstić information content (AvgIpc) is 2.37. The fourth-order valence-electron chi connectivity index (χ4n) is 2.10. The molecule has 1 aliphatic rings. The quantitative estimate of drug-likeness (QED) is 0.810. The first-order chi connectivity index (χ1) is 9.43. The van der Waals surface area contributed by atoms with Gasteiger partial charge in [-0.05, 0) is 6.07 Å². The summed E-state index contributed by atoms with van der Waals surface area (Å²) in [7, 11) is 1.17. The van der Waals surface area contributed by atoms with Crippen molar-refractivity contribution >= 4 is 12.0 Å². The van der Waals surface area contributed by atoms with E-state index in [0.29, 0.717) is 6.07 Å². The monoisotopic (exact) mass is 282 g/mol. The van der Waals surface area contributed by atoms with Crippen LogP contribution in [0.5, 0.6) is 0 Å². The molecule has 0 saturated carbocycles. The summed E-state index contributed by atoms with van der Waals surface area (Å²) in [6.07, 6.45) is 0. The van der Waals surface area contributed by atoms with Crippen LogP contribution in [0, 0.1) is 17.6 Å². The number of hydrogen-bond acceptors (Lipinski definition) is 3. The molecule has 0 radical (unpaired) electrons. The van der Waals surface area contributed by atoms with Gasteiger partial charge in [0.1, 0.15) is 17.6 Å². The van der Waals surface area contributed by atoms with Crippen LogP contribution in [0.15, 0.2) is 30.5 Å². The second-order valence-corrected chi connectivity index (χ2v) is 4.27. The van der Waals surface area contributed by atoms with Crippen LogP contribution in [-0.2, 0) is 9.53 Å². The highest BCUT2D eigenvalue weighted by atomic mass is 19.1. The minimum atomic E-state index is -1.01. The molecular formula is C13H12F2N2O3. The average molecular weight is 282 g/mol. The maximum Gasteiger partial charge on any atom is 0.319 e. The molecule has 0 aliphatic carbocycles. The number of benzene rings is 1. The first-order valence-electron chi connectivity index (χ1n) is 5.73. The van der Waals surface area contributed by atoms with E-state index in [2.05, 4.69) is 21.9 Å². The molecule has 1 aromatic carbocycles. The number of carbonyl (C=O) groups excluding carboxylic acids is 2. The van der Waals surface area contributed by atoms with Gasteiger partial charge in [-0.15, -0.1) is 0 Å². The largest absolute Gasteiger partial charge is 0.468 e. The van der Waals surface area contributed by atoms with Crippen LogP contribution >= 0.6 is 0 Å². The van der Waals surface area contributed by atoms with Gasteiger partial charge in [0.25, 0.3) is 0 Å². The summed E-state index contributed by atoms with van der Waals surface area (Å²) in [5.74, 6) is -3.30. The molecular weight excluding hydrogens is 270 g/mol. The van der Waals surface area contributed by atoms with Gasteiger partial charge in [-0.25, -0.2) is 13.6 Å². The van der Waals surface area contributed by atoms with E-state index in [1.807, 2.05) is 0 Å². The minimum absolute atomic E-state index is 0.0159. The van der Waals surface area contributed by atoms with Crippen molar-refractivity contribution in [2.45, 2.75) is 6.04 Å². The number of halogens is 2. The fourth-order valence-corrected chi connectivity index (χ4v) is 2.10. The number of amides is 2. The van der Waals surface area contributed by atoms with Gasteiger partial charge >= 0.3 is 12.0 Å². The number of carbonyl (C=O) groups is 2. The van der Waals surface area contributed by atoms with Crippen LogP contribution in [-0.4, -0.2) is 19.1 Å². The van der Waals surface area contributed by atoms with Crippen LogP contribution in [0.2, 0.25) is 0 Å². The number of hydrogen-bond donors (Lipinski definition) is 2. The lowest BCUT2D eigenvalue weighted by atomic mass is 9.89. The van der Waals surface area contributed by atoms with Crippen molar-refractivity contribution in [3.63, 3.8) is 0 Å². The summed E-state index contributed by atoms with van der Waals surface area (Å²) in [5.41, 5.74) is 0.0760. The van der Waals surface area contributed by atoms with Crippen LogP contribution in [0.1, 0.15) is 11.6 Å². The molecule has 2 N–H and O–H groups in total. The second-order valence-electron chi connectivity index (χ2n) is 4.27. The van der Waals surface area contributed by atoms with Crippen molar-refractivity contribution in [1.82, 2.24) is 10.6 Å². The summed E-state index contributed by atoms with van der Waals surface area (Å²) in [5, 5.41) is 4.75. The maximum absolute atomic E-state index is 13.8. The molecule has 0 spiro atoms. The van der Waals surface area contributed by atoms with Crippen molar-refractivity contribution in [2.75, 3.05) is 7.11 Å². The smallest absolute Gasteiger partial charge is 0.319 e. The van der Waals surface area contributed by atoms with Gasteiger partial charge in [0.15, 0.2) is 0 Å².